The fourth-order valence-electron chi connectivity index (χ4n) is 3.85. The van der Waals surface area contributed by atoms with Gasteiger partial charge >= 0.3 is 0 Å². The predicted octanol–water partition coefficient (Wildman–Crippen LogP) is 8.42. The van der Waals surface area contributed by atoms with Gasteiger partial charge in [-0.15, -0.1) is 0 Å². The zero-order valence-corrected chi connectivity index (χ0v) is 21.7. The van der Waals surface area contributed by atoms with Crippen molar-refractivity contribution in [1.82, 2.24) is 0 Å². The van der Waals surface area contributed by atoms with Crippen molar-refractivity contribution in [3.63, 3.8) is 0 Å². The molecular formula is C29H43NO2S. The van der Waals surface area contributed by atoms with Gasteiger partial charge in [0.1, 0.15) is 0 Å². The summed E-state index contributed by atoms with van der Waals surface area (Å²) in [6.45, 7) is 5.88. The Labute approximate surface area is 203 Å². The van der Waals surface area contributed by atoms with Crippen molar-refractivity contribution >= 4 is 9.84 Å². The molecule has 0 N–H and O–H groups in total. The Kier molecular flexibility index (Phi) is 14.4. The van der Waals surface area contributed by atoms with E-state index in [1.54, 1.807) is 24.3 Å². The Morgan fingerprint density at radius 1 is 0.818 bits per heavy atom. The van der Waals surface area contributed by atoms with Gasteiger partial charge in [-0.2, -0.15) is 5.26 Å². The molecule has 1 aromatic carbocycles. The lowest BCUT2D eigenvalue weighted by Gasteiger charge is -2.25. The lowest BCUT2D eigenvalue weighted by molar-refractivity contribution is 0.498. The summed E-state index contributed by atoms with van der Waals surface area (Å²) in [5.74, 6) is 0. The van der Waals surface area contributed by atoms with Crippen LogP contribution in [0.15, 0.2) is 65.6 Å². The Morgan fingerprint density at radius 3 is 1.94 bits per heavy atom. The maximum absolute atomic E-state index is 13.2. The summed E-state index contributed by atoms with van der Waals surface area (Å²) >= 11 is 0. The Bertz CT molecular complexity index is 889. The monoisotopic (exact) mass is 469 g/mol. The third-order valence-electron chi connectivity index (χ3n) is 6.10. The van der Waals surface area contributed by atoms with Crippen LogP contribution in [-0.4, -0.2) is 13.2 Å². The van der Waals surface area contributed by atoms with Crippen LogP contribution >= 0.6 is 0 Å². The van der Waals surface area contributed by atoms with Crippen LogP contribution in [0.25, 0.3) is 0 Å². The summed E-state index contributed by atoms with van der Waals surface area (Å²) in [5, 5.41) is 9.81. The van der Waals surface area contributed by atoms with E-state index in [9.17, 15) is 13.7 Å². The number of nitrogens with zero attached hydrogens (tertiary/aromatic N) is 1. The minimum atomic E-state index is -3.68. The molecule has 3 nitrogen and oxygen atoms in total. The van der Waals surface area contributed by atoms with Crippen molar-refractivity contribution in [2.24, 2.45) is 0 Å². The number of sulfone groups is 1. The van der Waals surface area contributed by atoms with Gasteiger partial charge in [0.25, 0.3) is 0 Å². The highest BCUT2D eigenvalue weighted by atomic mass is 32.2. The van der Waals surface area contributed by atoms with E-state index in [4.69, 9.17) is 0 Å². The average molecular weight is 470 g/mol. The number of benzene rings is 1. The summed E-state index contributed by atoms with van der Waals surface area (Å²) in [6.07, 6.45) is 24.7. The quantitative estimate of drug-likeness (QED) is 0.170. The van der Waals surface area contributed by atoms with Gasteiger partial charge in [-0.25, -0.2) is 8.42 Å². The van der Waals surface area contributed by atoms with Gasteiger partial charge in [0.2, 0.25) is 0 Å². The smallest absolute Gasteiger partial charge is 0.197 e. The summed E-state index contributed by atoms with van der Waals surface area (Å²) in [5.41, 5.74) is 1.01. The second-order valence-corrected chi connectivity index (χ2v) is 11.0. The first kappa shape index (κ1) is 28.9. The Balaban J connectivity index is 2.28. The molecule has 33 heavy (non-hydrogen) atoms. The summed E-state index contributed by atoms with van der Waals surface area (Å²) in [4.78, 5) is 0.258. The molecule has 182 valence electrons. The first-order valence-electron chi connectivity index (χ1n) is 12.6. The predicted molar refractivity (Wildman–Crippen MR) is 141 cm³/mol. The number of allylic oxidation sites excluding steroid dienone is 6. The van der Waals surface area contributed by atoms with Gasteiger partial charge in [0.05, 0.1) is 11.0 Å². The molecule has 0 fully saturated rings. The van der Waals surface area contributed by atoms with E-state index in [2.05, 4.69) is 49.4 Å². The molecule has 0 aromatic heterocycles. The molecule has 4 heteroatoms. The minimum absolute atomic E-state index is 0.258. The zero-order chi connectivity index (χ0) is 24.4. The van der Waals surface area contributed by atoms with Gasteiger partial charge in [0, 0.05) is 0 Å². The van der Waals surface area contributed by atoms with E-state index >= 15 is 0 Å². The number of nitriles is 1. The number of hydrogen-bond acceptors (Lipinski definition) is 3. The number of aryl methyl sites for hydroxylation is 1. The van der Waals surface area contributed by atoms with Crippen molar-refractivity contribution in [3.05, 3.63) is 66.3 Å². The zero-order valence-electron chi connectivity index (χ0n) is 20.9. The van der Waals surface area contributed by atoms with Gasteiger partial charge in [-0.1, -0.05) is 100 Å². The van der Waals surface area contributed by atoms with E-state index in [1.165, 1.54) is 12.8 Å². The molecule has 0 saturated heterocycles. The fourth-order valence-corrected chi connectivity index (χ4v) is 5.70. The van der Waals surface area contributed by atoms with Crippen LogP contribution in [0.3, 0.4) is 0 Å². The van der Waals surface area contributed by atoms with Crippen molar-refractivity contribution < 1.29 is 8.42 Å². The summed E-state index contributed by atoms with van der Waals surface area (Å²) < 4.78 is 25.0. The molecule has 0 spiro atoms. The van der Waals surface area contributed by atoms with E-state index in [-0.39, 0.29) is 4.90 Å². The highest BCUT2D eigenvalue weighted by molar-refractivity contribution is 7.93. The van der Waals surface area contributed by atoms with E-state index in [0.717, 1.165) is 56.9 Å². The first-order chi connectivity index (χ1) is 15.9. The third kappa shape index (κ3) is 10.1. The van der Waals surface area contributed by atoms with Crippen LogP contribution < -0.4 is 0 Å². The second-order valence-electron chi connectivity index (χ2n) is 8.73. The number of unbranched alkanes of at least 4 members (excludes halogenated alkanes) is 6. The largest absolute Gasteiger partial charge is 0.222 e. The molecule has 0 saturated carbocycles. The summed E-state index contributed by atoms with van der Waals surface area (Å²) in [6, 6.07) is 9.01. The molecule has 1 atom stereocenters. The fraction of sp³-hybridized carbons (Fsp3) is 0.552. The molecule has 0 radical (unpaired) electrons. The molecule has 0 bridgehead atoms. The standard InChI is InChI=1S/C29H43NO2S/c1-4-6-7-8-9-10-11-12-13-14-15-16-17-18-19-20-25-29(5-2,26-30)33(31,32)28-23-21-27(3)22-24-28/h6-7,9-10,12-13,21-24H,4-5,8,11,14-20,25H2,1-3H3/b7-6+,10-9-,13-12-. The van der Waals surface area contributed by atoms with E-state index in [1.807, 2.05) is 13.8 Å². The lowest BCUT2D eigenvalue weighted by Crippen LogP contribution is -2.36. The Hall–Kier alpha value is -2.12. The Morgan fingerprint density at radius 2 is 1.36 bits per heavy atom. The molecule has 0 aliphatic rings. The molecule has 1 aromatic rings. The maximum Gasteiger partial charge on any atom is 0.197 e. The minimum Gasteiger partial charge on any atom is -0.222 e. The van der Waals surface area contributed by atoms with Crippen LogP contribution in [0.5, 0.6) is 0 Å². The molecular weight excluding hydrogens is 426 g/mol. The van der Waals surface area contributed by atoms with Gasteiger partial charge < -0.3 is 0 Å². The highest BCUT2D eigenvalue weighted by Gasteiger charge is 2.43. The summed E-state index contributed by atoms with van der Waals surface area (Å²) in [7, 11) is -3.68. The SMILES string of the molecule is CC/C=C/C/C=C\C/C=C\CCCCCCCCC(C#N)(CC)S(=O)(=O)c1ccc(C)cc1. The van der Waals surface area contributed by atoms with Crippen LogP contribution in [0.4, 0.5) is 0 Å². The third-order valence-corrected chi connectivity index (χ3v) is 8.61. The van der Waals surface area contributed by atoms with E-state index in [0.29, 0.717) is 12.8 Å². The molecule has 0 aliphatic heterocycles. The van der Waals surface area contributed by atoms with Crippen molar-refractivity contribution in [2.75, 3.05) is 0 Å². The number of hydrogen-bond donors (Lipinski definition) is 0. The van der Waals surface area contributed by atoms with Crippen molar-refractivity contribution in [2.45, 2.75) is 107 Å². The highest BCUT2D eigenvalue weighted by Crippen LogP contribution is 2.33. The van der Waals surface area contributed by atoms with Crippen LogP contribution in [0, 0.1) is 18.3 Å². The van der Waals surface area contributed by atoms with Gasteiger partial charge in [0.15, 0.2) is 14.6 Å². The first-order valence-corrected chi connectivity index (χ1v) is 14.1. The van der Waals surface area contributed by atoms with Gasteiger partial charge in [-0.05, 0) is 64.0 Å². The lowest BCUT2D eigenvalue weighted by atomic mass is 9.98. The molecule has 0 aliphatic carbocycles. The van der Waals surface area contributed by atoms with Crippen molar-refractivity contribution in [1.29, 1.82) is 5.26 Å². The van der Waals surface area contributed by atoms with Crippen LogP contribution in [0.2, 0.25) is 0 Å². The normalized spacial score (nSPS) is 14.2. The van der Waals surface area contributed by atoms with Crippen LogP contribution in [-0.2, 0) is 9.84 Å². The molecule has 0 heterocycles. The number of rotatable bonds is 17. The van der Waals surface area contributed by atoms with Crippen LogP contribution in [0.1, 0.15) is 96.5 Å². The second kappa shape index (κ2) is 16.5. The topological polar surface area (TPSA) is 57.9 Å². The van der Waals surface area contributed by atoms with Crippen molar-refractivity contribution in [3.8, 4) is 6.07 Å². The average Bonchev–Trinajstić information content (AvgIpc) is 2.81. The van der Waals surface area contributed by atoms with Gasteiger partial charge in [-0.3, -0.25) is 0 Å². The molecule has 0 amide bonds. The molecule has 1 rings (SSSR count). The molecule has 1 unspecified atom stereocenters. The maximum atomic E-state index is 13.2. The van der Waals surface area contributed by atoms with E-state index < -0.39 is 14.6 Å².